The van der Waals surface area contributed by atoms with Crippen LogP contribution in [0, 0.1) is 17.8 Å². The number of likely N-dealkylation sites (tertiary alicyclic amines) is 1. The molecule has 0 radical (unpaired) electrons. The van der Waals surface area contributed by atoms with E-state index in [-0.39, 0.29) is 0 Å². The van der Waals surface area contributed by atoms with Gasteiger partial charge >= 0.3 is 0 Å². The third-order valence-corrected chi connectivity index (χ3v) is 5.45. The molecular weight excluding hydrogens is 232 g/mol. The Balaban J connectivity index is 1.84. The number of nitrogens with one attached hydrogen (secondary N) is 1. The first-order valence-corrected chi connectivity index (χ1v) is 8.59. The van der Waals surface area contributed by atoms with E-state index in [1.165, 1.54) is 51.7 Å². The van der Waals surface area contributed by atoms with Gasteiger partial charge in [0.2, 0.25) is 0 Å². The quantitative estimate of drug-likeness (QED) is 0.837. The Bertz CT molecular complexity index is 266. The van der Waals surface area contributed by atoms with Crippen LogP contribution in [0.15, 0.2) is 0 Å². The van der Waals surface area contributed by atoms with Crippen molar-refractivity contribution in [2.45, 2.75) is 71.9 Å². The van der Waals surface area contributed by atoms with Gasteiger partial charge in [0, 0.05) is 18.6 Å². The third-order valence-electron chi connectivity index (χ3n) is 5.45. The van der Waals surface area contributed by atoms with Crippen molar-refractivity contribution in [2.75, 3.05) is 19.6 Å². The van der Waals surface area contributed by atoms with Crippen LogP contribution in [0.4, 0.5) is 0 Å². The van der Waals surface area contributed by atoms with E-state index in [9.17, 15) is 0 Å². The fourth-order valence-corrected chi connectivity index (χ4v) is 4.30. The smallest absolute Gasteiger partial charge is 0.0121 e. The van der Waals surface area contributed by atoms with Crippen LogP contribution in [0.3, 0.4) is 0 Å². The Labute approximate surface area is 120 Å². The first kappa shape index (κ1) is 15.3. The van der Waals surface area contributed by atoms with Gasteiger partial charge in [-0.15, -0.1) is 0 Å². The highest BCUT2D eigenvalue weighted by atomic mass is 15.2. The summed E-state index contributed by atoms with van der Waals surface area (Å²) in [5.41, 5.74) is 0. The van der Waals surface area contributed by atoms with Gasteiger partial charge in [-0.1, -0.05) is 27.7 Å². The van der Waals surface area contributed by atoms with Crippen molar-refractivity contribution in [2.24, 2.45) is 17.8 Å². The summed E-state index contributed by atoms with van der Waals surface area (Å²) in [6.45, 7) is 13.4. The van der Waals surface area contributed by atoms with E-state index in [1.807, 2.05) is 0 Å². The van der Waals surface area contributed by atoms with Crippen LogP contribution in [0.1, 0.15) is 59.8 Å². The summed E-state index contributed by atoms with van der Waals surface area (Å²) < 4.78 is 0. The van der Waals surface area contributed by atoms with Gasteiger partial charge in [-0.2, -0.15) is 0 Å². The molecule has 1 heterocycles. The lowest BCUT2D eigenvalue weighted by molar-refractivity contribution is 0.0461. The molecule has 1 aliphatic carbocycles. The van der Waals surface area contributed by atoms with Gasteiger partial charge in [-0.3, -0.25) is 4.90 Å². The van der Waals surface area contributed by atoms with Crippen molar-refractivity contribution in [3.05, 3.63) is 0 Å². The summed E-state index contributed by atoms with van der Waals surface area (Å²) in [7, 11) is 0. The fourth-order valence-electron chi connectivity index (χ4n) is 4.30. The largest absolute Gasteiger partial charge is 0.314 e. The zero-order chi connectivity index (χ0) is 13.8. The fraction of sp³-hybridized carbons (Fsp3) is 1.00. The Morgan fingerprint density at radius 2 is 1.84 bits per heavy atom. The van der Waals surface area contributed by atoms with Gasteiger partial charge in [0.25, 0.3) is 0 Å². The second-order valence-corrected chi connectivity index (χ2v) is 7.28. The third kappa shape index (κ3) is 3.95. The highest BCUT2D eigenvalue weighted by molar-refractivity contribution is 4.89. The zero-order valence-electron chi connectivity index (χ0n) is 13.5. The number of nitrogens with zero attached hydrogens (tertiary/aromatic N) is 1. The first-order valence-electron chi connectivity index (χ1n) is 8.59. The molecule has 2 heteroatoms. The summed E-state index contributed by atoms with van der Waals surface area (Å²) in [5.74, 6) is 2.66. The average Bonchev–Trinajstić information content (AvgIpc) is 2.37. The van der Waals surface area contributed by atoms with Crippen LogP contribution in [0.5, 0.6) is 0 Å². The summed E-state index contributed by atoms with van der Waals surface area (Å²) in [5, 5.41) is 3.74. The maximum atomic E-state index is 3.74. The van der Waals surface area contributed by atoms with E-state index in [2.05, 4.69) is 37.9 Å². The SMILES string of the molecule is CCCNC1CCN(C2CCC(C)CC2C)CC1C. The van der Waals surface area contributed by atoms with Crippen molar-refractivity contribution >= 4 is 0 Å². The highest BCUT2D eigenvalue weighted by Gasteiger charge is 2.34. The van der Waals surface area contributed by atoms with Crippen molar-refractivity contribution in [3.63, 3.8) is 0 Å². The van der Waals surface area contributed by atoms with E-state index in [4.69, 9.17) is 0 Å². The Hall–Kier alpha value is -0.0800. The van der Waals surface area contributed by atoms with Gasteiger partial charge < -0.3 is 5.32 Å². The minimum absolute atomic E-state index is 0.758. The maximum absolute atomic E-state index is 3.74. The lowest BCUT2D eigenvalue weighted by Gasteiger charge is -2.46. The topological polar surface area (TPSA) is 15.3 Å². The molecule has 112 valence electrons. The number of rotatable bonds is 4. The maximum Gasteiger partial charge on any atom is 0.0121 e. The summed E-state index contributed by atoms with van der Waals surface area (Å²) in [6.07, 6.45) is 6.91. The molecule has 0 aromatic heterocycles. The molecule has 0 bridgehead atoms. The summed E-state index contributed by atoms with van der Waals surface area (Å²) >= 11 is 0. The molecule has 1 saturated carbocycles. The zero-order valence-corrected chi connectivity index (χ0v) is 13.5. The molecule has 0 aromatic rings. The van der Waals surface area contributed by atoms with Gasteiger partial charge in [0.15, 0.2) is 0 Å². The normalized spacial score (nSPS) is 41.4. The van der Waals surface area contributed by atoms with Crippen molar-refractivity contribution in [1.82, 2.24) is 10.2 Å². The molecule has 1 saturated heterocycles. The molecule has 0 aromatic carbocycles. The molecule has 0 amide bonds. The predicted molar refractivity (Wildman–Crippen MR) is 83.4 cm³/mol. The van der Waals surface area contributed by atoms with E-state index >= 15 is 0 Å². The van der Waals surface area contributed by atoms with E-state index in [1.54, 1.807) is 0 Å². The van der Waals surface area contributed by atoms with E-state index in [0.29, 0.717) is 0 Å². The van der Waals surface area contributed by atoms with E-state index < -0.39 is 0 Å². The molecular formula is C17H34N2. The number of piperidine rings is 1. The summed E-state index contributed by atoms with van der Waals surface area (Å²) in [4.78, 5) is 2.81. The molecule has 2 rings (SSSR count). The standard InChI is InChI=1S/C17H34N2/c1-5-9-18-16-8-10-19(12-15(16)4)17-7-6-13(2)11-14(17)3/h13-18H,5-12H2,1-4H3. The van der Waals surface area contributed by atoms with Crippen LogP contribution in [-0.2, 0) is 0 Å². The van der Waals surface area contributed by atoms with Gasteiger partial charge in [-0.25, -0.2) is 0 Å². The van der Waals surface area contributed by atoms with Crippen molar-refractivity contribution in [1.29, 1.82) is 0 Å². The van der Waals surface area contributed by atoms with E-state index in [0.717, 1.165) is 29.8 Å². The van der Waals surface area contributed by atoms with Crippen LogP contribution in [0.2, 0.25) is 0 Å². The second-order valence-electron chi connectivity index (χ2n) is 7.28. The lowest BCUT2D eigenvalue weighted by atomic mass is 9.78. The summed E-state index contributed by atoms with van der Waals surface area (Å²) in [6, 6.07) is 1.62. The minimum Gasteiger partial charge on any atom is -0.314 e. The predicted octanol–water partition coefficient (Wildman–Crippen LogP) is 3.52. The molecule has 5 unspecified atom stereocenters. The minimum atomic E-state index is 0.758. The Morgan fingerprint density at radius 3 is 2.47 bits per heavy atom. The molecule has 1 N–H and O–H groups in total. The lowest BCUT2D eigenvalue weighted by Crippen LogP contribution is -2.53. The monoisotopic (exact) mass is 266 g/mol. The number of hydrogen-bond acceptors (Lipinski definition) is 2. The first-order chi connectivity index (χ1) is 9.11. The van der Waals surface area contributed by atoms with Crippen LogP contribution >= 0.6 is 0 Å². The molecule has 5 atom stereocenters. The van der Waals surface area contributed by atoms with Crippen LogP contribution < -0.4 is 5.32 Å². The van der Waals surface area contributed by atoms with Gasteiger partial charge in [0.1, 0.15) is 0 Å². The molecule has 0 spiro atoms. The molecule has 2 aliphatic rings. The van der Waals surface area contributed by atoms with Crippen molar-refractivity contribution < 1.29 is 0 Å². The Morgan fingerprint density at radius 1 is 1.05 bits per heavy atom. The molecule has 2 nitrogen and oxygen atoms in total. The molecule has 19 heavy (non-hydrogen) atoms. The Kier molecular flexibility index (Phi) is 5.70. The van der Waals surface area contributed by atoms with Gasteiger partial charge in [0.05, 0.1) is 0 Å². The van der Waals surface area contributed by atoms with Gasteiger partial charge in [-0.05, 0) is 62.9 Å². The van der Waals surface area contributed by atoms with Crippen LogP contribution in [0.25, 0.3) is 0 Å². The molecule has 2 fully saturated rings. The van der Waals surface area contributed by atoms with Crippen molar-refractivity contribution in [3.8, 4) is 0 Å². The highest BCUT2D eigenvalue weighted by Crippen LogP contribution is 2.34. The molecule has 1 aliphatic heterocycles. The average molecular weight is 266 g/mol. The van der Waals surface area contributed by atoms with Crippen LogP contribution in [-0.4, -0.2) is 36.6 Å². The second kappa shape index (κ2) is 7.08. The number of hydrogen-bond donors (Lipinski definition) is 1.